The number of aromatic amines is 1. The Kier molecular flexibility index (Phi) is 1.92. The maximum Gasteiger partial charge on any atom is 0.254 e. The molecule has 2 aromatic rings. The third-order valence-electron chi connectivity index (χ3n) is 2.92. The van der Waals surface area contributed by atoms with Crippen LogP contribution in [0.4, 0.5) is 0 Å². The summed E-state index contributed by atoms with van der Waals surface area (Å²) in [5, 5.41) is 4.07. The predicted molar refractivity (Wildman–Crippen MR) is 59.1 cm³/mol. The first-order valence-corrected chi connectivity index (χ1v) is 5.35. The van der Waals surface area contributed by atoms with Gasteiger partial charge in [0, 0.05) is 18.8 Å². The molecule has 0 saturated carbocycles. The van der Waals surface area contributed by atoms with E-state index in [4.69, 9.17) is 0 Å². The monoisotopic (exact) mass is 216 g/mol. The minimum atomic E-state index is 0.00125. The van der Waals surface area contributed by atoms with Gasteiger partial charge in [0.1, 0.15) is 5.82 Å². The number of fused-ring (bicyclic) bond motifs is 1. The van der Waals surface area contributed by atoms with Crippen molar-refractivity contribution in [1.82, 2.24) is 19.7 Å². The summed E-state index contributed by atoms with van der Waals surface area (Å²) in [5.74, 6) is 0.624. The van der Waals surface area contributed by atoms with Gasteiger partial charge in [-0.2, -0.15) is 5.10 Å². The van der Waals surface area contributed by atoms with E-state index in [1.165, 1.54) is 0 Å². The summed E-state index contributed by atoms with van der Waals surface area (Å²) >= 11 is 0. The Bertz CT molecular complexity index is 596. The van der Waals surface area contributed by atoms with Crippen molar-refractivity contribution in [1.29, 1.82) is 0 Å². The molecule has 0 amide bonds. The highest BCUT2D eigenvalue weighted by Crippen LogP contribution is 2.19. The van der Waals surface area contributed by atoms with E-state index in [0.717, 1.165) is 36.1 Å². The molecule has 82 valence electrons. The third kappa shape index (κ3) is 1.36. The highest BCUT2D eigenvalue weighted by molar-refractivity contribution is 5.52. The largest absolute Gasteiger partial charge is 0.306 e. The van der Waals surface area contributed by atoms with E-state index in [2.05, 4.69) is 15.1 Å². The fourth-order valence-electron chi connectivity index (χ4n) is 2.12. The lowest BCUT2D eigenvalue weighted by Crippen LogP contribution is -2.15. The number of rotatable bonds is 1. The van der Waals surface area contributed by atoms with Gasteiger partial charge in [0.05, 0.1) is 17.5 Å². The molecule has 0 fully saturated rings. The zero-order valence-electron chi connectivity index (χ0n) is 9.03. The Morgan fingerprint density at radius 3 is 3.06 bits per heavy atom. The quantitative estimate of drug-likeness (QED) is 0.761. The van der Waals surface area contributed by atoms with Gasteiger partial charge >= 0.3 is 0 Å². The van der Waals surface area contributed by atoms with Gasteiger partial charge in [-0.1, -0.05) is 0 Å². The third-order valence-corrected chi connectivity index (χ3v) is 2.92. The van der Waals surface area contributed by atoms with E-state index in [9.17, 15) is 4.79 Å². The molecule has 2 heterocycles. The van der Waals surface area contributed by atoms with E-state index < -0.39 is 0 Å². The Balaban J connectivity index is 2.16. The number of hydrogen-bond acceptors (Lipinski definition) is 3. The van der Waals surface area contributed by atoms with Crippen molar-refractivity contribution in [3.8, 4) is 11.4 Å². The van der Waals surface area contributed by atoms with Crippen LogP contribution in [0.5, 0.6) is 0 Å². The minimum Gasteiger partial charge on any atom is -0.306 e. The van der Waals surface area contributed by atoms with Crippen LogP contribution in [0.15, 0.2) is 17.2 Å². The Morgan fingerprint density at radius 1 is 1.44 bits per heavy atom. The molecule has 1 N–H and O–H groups in total. The highest BCUT2D eigenvalue weighted by Gasteiger charge is 2.17. The van der Waals surface area contributed by atoms with Crippen molar-refractivity contribution in [2.24, 2.45) is 7.05 Å². The minimum absolute atomic E-state index is 0.00125. The summed E-state index contributed by atoms with van der Waals surface area (Å²) in [4.78, 5) is 19.1. The number of H-pyrrole nitrogens is 1. The van der Waals surface area contributed by atoms with Gasteiger partial charge in [0.2, 0.25) is 0 Å². The molecule has 1 aliphatic carbocycles. The van der Waals surface area contributed by atoms with Crippen LogP contribution in [0, 0.1) is 0 Å². The second-order valence-electron chi connectivity index (χ2n) is 4.10. The SMILES string of the molecule is Cn1cc(-c2nc3c(c(=O)[nH]2)CCC3)cn1. The van der Waals surface area contributed by atoms with Gasteiger partial charge in [0.15, 0.2) is 0 Å². The van der Waals surface area contributed by atoms with E-state index in [0.29, 0.717) is 5.82 Å². The number of hydrogen-bond donors (Lipinski definition) is 1. The van der Waals surface area contributed by atoms with Crippen LogP contribution in [0.2, 0.25) is 0 Å². The molecule has 2 aromatic heterocycles. The molecule has 0 atom stereocenters. The van der Waals surface area contributed by atoms with Crippen molar-refractivity contribution in [2.75, 3.05) is 0 Å². The topological polar surface area (TPSA) is 63.6 Å². The summed E-state index contributed by atoms with van der Waals surface area (Å²) < 4.78 is 1.70. The van der Waals surface area contributed by atoms with Crippen molar-refractivity contribution in [3.63, 3.8) is 0 Å². The standard InChI is InChI=1S/C11H12N4O/c1-15-6-7(5-12-15)10-13-9-4-2-3-8(9)11(16)14-10/h5-6H,2-4H2,1H3,(H,13,14,16). The van der Waals surface area contributed by atoms with Crippen LogP contribution in [0.1, 0.15) is 17.7 Å². The second kappa shape index (κ2) is 3.30. The second-order valence-corrected chi connectivity index (χ2v) is 4.10. The molecule has 0 aromatic carbocycles. The molecule has 16 heavy (non-hydrogen) atoms. The Morgan fingerprint density at radius 2 is 2.31 bits per heavy atom. The average Bonchev–Trinajstić information content (AvgIpc) is 2.85. The molecule has 5 nitrogen and oxygen atoms in total. The summed E-state index contributed by atoms with van der Waals surface area (Å²) in [5.41, 5.74) is 2.66. The van der Waals surface area contributed by atoms with Crippen LogP contribution in [0.25, 0.3) is 11.4 Å². The van der Waals surface area contributed by atoms with E-state index in [1.54, 1.807) is 10.9 Å². The molecule has 0 radical (unpaired) electrons. The maximum atomic E-state index is 11.8. The molecule has 3 rings (SSSR count). The zero-order chi connectivity index (χ0) is 11.1. The first kappa shape index (κ1) is 9.33. The normalized spacial score (nSPS) is 14.1. The molecule has 0 aliphatic heterocycles. The van der Waals surface area contributed by atoms with Crippen LogP contribution in [0.3, 0.4) is 0 Å². The van der Waals surface area contributed by atoms with Crippen LogP contribution in [-0.4, -0.2) is 19.7 Å². The van der Waals surface area contributed by atoms with Crippen LogP contribution in [-0.2, 0) is 19.9 Å². The molecule has 1 aliphatic rings. The van der Waals surface area contributed by atoms with Crippen molar-refractivity contribution >= 4 is 0 Å². The van der Waals surface area contributed by atoms with Gasteiger partial charge in [-0.3, -0.25) is 9.48 Å². The molecule has 0 bridgehead atoms. The maximum absolute atomic E-state index is 11.8. The van der Waals surface area contributed by atoms with Gasteiger partial charge in [-0.15, -0.1) is 0 Å². The number of aryl methyl sites for hydroxylation is 2. The van der Waals surface area contributed by atoms with Gasteiger partial charge in [-0.25, -0.2) is 4.98 Å². The molecular formula is C11H12N4O. The zero-order valence-corrected chi connectivity index (χ0v) is 9.03. The van der Waals surface area contributed by atoms with Crippen molar-refractivity contribution < 1.29 is 0 Å². The average molecular weight is 216 g/mol. The first-order valence-electron chi connectivity index (χ1n) is 5.35. The van der Waals surface area contributed by atoms with Gasteiger partial charge < -0.3 is 4.98 Å². The molecular weight excluding hydrogens is 204 g/mol. The molecule has 0 saturated heterocycles. The summed E-state index contributed by atoms with van der Waals surface area (Å²) in [6.07, 6.45) is 6.35. The van der Waals surface area contributed by atoms with Crippen molar-refractivity contribution in [2.45, 2.75) is 19.3 Å². The molecule has 0 unspecified atom stereocenters. The number of aromatic nitrogens is 4. The fourth-order valence-corrected chi connectivity index (χ4v) is 2.12. The number of nitrogens with zero attached hydrogens (tertiary/aromatic N) is 3. The lowest BCUT2D eigenvalue weighted by atomic mass is 10.2. The lowest BCUT2D eigenvalue weighted by molar-refractivity contribution is 0.768. The van der Waals surface area contributed by atoms with Crippen molar-refractivity contribution in [3.05, 3.63) is 34.0 Å². The highest BCUT2D eigenvalue weighted by atomic mass is 16.1. The van der Waals surface area contributed by atoms with Crippen LogP contribution >= 0.6 is 0 Å². The van der Waals surface area contributed by atoms with Gasteiger partial charge in [0.25, 0.3) is 5.56 Å². The summed E-state index contributed by atoms with van der Waals surface area (Å²) in [6.45, 7) is 0. The summed E-state index contributed by atoms with van der Waals surface area (Å²) in [6, 6.07) is 0. The smallest absolute Gasteiger partial charge is 0.254 e. The Hall–Kier alpha value is -1.91. The summed E-state index contributed by atoms with van der Waals surface area (Å²) in [7, 11) is 1.84. The fraction of sp³-hybridized carbons (Fsp3) is 0.364. The van der Waals surface area contributed by atoms with E-state index in [1.807, 2.05) is 13.2 Å². The van der Waals surface area contributed by atoms with E-state index in [-0.39, 0.29) is 5.56 Å². The van der Waals surface area contributed by atoms with Crippen LogP contribution < -0.4 is 5.56 Å². The predicted octanol–water partition coefficient (Wildman–Crippen LogP) is 0.659. The molecule has 5 heteroatoms. The van der Waals surface area contributed by atoms with E-state index >= 15 is 0 Å². The first-order chi connectivity index (χ1) is 7.74. The Labute approximate surface area is 92.2 Å². The molecule has 0 spiro atoms. The number of nitrogens with one attached hydrogen (secondary N) is 1. The van der Waals surface area contributed by atoms with Gasteiger partial charge in [-0.05, 0) is 19.3 Å². The lowest BCUT2D eigenvalue weighted by Gasteiger charge is -2.00.